The van der Waals surface area contributed by atoms with Crippen LogP contribution >= 0.6 is 11.6 Å². The monoisotopic (exact) mass is 291 g/mol. The number of aromatic amines is 1. The zero-order chi connectivity index (χ0) is 13.9. The van der Waals surface area contributed by atoms with E-state index >= 15 is 0 Å². The van der Waals surface area contributed by atoms with E-state index in [-0.39, 0.29) is 0 Å². The van der Waals surface area contributed by atoms with Crippen LogP contribution in [0.25, 0.3) is 10.9 Å². The molecule has 0 spiro atoms. The summed E-state index contributed by atoms with van der Waals surface area (Å²) in [5.74, 6) is 0.761. The summed E-state index contributed by atoms with van der Waals surface area (Å²) in [6, 6.07) is 8.19. The van der Waals surface area contributed by atoms with Gasteiger partial charge in [-0.15, -0.1) is 0 Å². The maximum atomic E-state index is 6.42. The Morgan fingerprint density at radius 2 is 2.25 bits per heavy atom. The Hall–Kier alpha value is -1.03. The van der Waals surface area contributed by atoms with Crippen LogP contribution in [0.15, 0.2) is 24.3 Å². The molecular formula is C16H22ClN3. The first kappa shape index (κ1) is 13.9. The van der Waals surface area contributed by atoms with Crippen LogP contribution in [0, 0.1) is 5.92 Å². The lowest BCUT2D eigenvalue weighted by Gasteiger charge is -2.29. The van der Waals surface area contributed by atoms with E-state index in [4.69, 9.17) is 11.6 Å². The first-order valence-electron chi connectivity index (χ1n) is 7.38. The van der Waals surface area contributed by atoms with Gasteiger partial charge in [0.1, 0.15) is 0 Å². The number of fused-ring (bicyclic) bond motifs is 1. The normalized spacial score (nSPS) is 20.6. The average Bonchev–Trinajstić information content (AvgIpc) is 2.76. The van der Waals surface area contributed by atoms with Crippen LogP contribution in [0.5, 0.6) is 0 Å². The number of benzene rings is 1. The number of nitrogens with zero attached hydrogens (tertiary/aromatic N) is 1. The molecule has 1 fully saturated rings. The molecule has 1 aromatic carbocycles. The first-order valence-corrected chi connectivity index (χ1v) is 7.76. The van der Waals surface area contributed by atoms with Crippen molar-refractivity contribution < 1.29 is 0 Å². The smallest absolute Gasteiger partial charge is 0.0705 e. The fraction of sp³-hybridized carbons (Fsp3) is 0.500. The summed E-state index contributed by atoms with van der Waals surface area (Å²) in [5, 5.41) is 5.52. The van der Waals surface area contributed by atoms with Crippen LogP contribution in [-0.2, 0) is 6.54 Å². The molecule has 1 aromatic heterocycles. The molecule has 3 nitrogen and oxygen atoms in total. The third-order valence-corrected chi connectivity index (χ3v) is 4.60. The van der Waals surface area contributed by atoms with Crippen LogP contribution in [0.4, 0.5) is 0 Å². The predicted molar refractivity (Wildman–Crippen MR) is 85.2 cm³/mol. The molecule has 1 unspecified atom stereocenters. The minimum atomic E-state index is 0.761. The molecule has 4 heteroatoms. The first-order chi connectivity index (χ1) is 9.74. The van der Waals surface area contributed by atoms with Gasteiger partial charge in [0.2, 0.25) is 0 Å². The van der Waals surface area contributed by atoms with Gasteiger partial charge in [-0.2, -0.15) is 0 Å². The highest BCUT2D eigenvalue weighted by Gasteiger charge is 2.17. The van der Waals surface area contributed by atoms with Gasteiger partial charge in [0.25, 0.3) is 0 Å². The zero-order valence-electron chi connectivity index (χ0n) is 12.0. The molecule has 3 rings (SSSR count). The fourth-order valence-electron chi connectivity index (χ4n) is 3.13. The van der Waals surface area contributed by atoms with Crippen molar-refractivity contribution in [3.63, 3.8) is 0 Å². The van der Waals surface area contributed by atoms with E-state index in [0.29, 0.717) is 0 Å². The van der Waals surface area contributed by atoms with Crippen molar-refractivity contribution in [1.82, 2.24) is 15.2 Å². The van der Waals surface area contributed by atoms with E-state index in [1.54, 1.807) is 0 Å². The summed E-state index contributed by atoms with van der Waals surface area (Å²) in [5.41, 5.74) is 2.21. The molecule has 1 aliphatic heterocycles. The van der Waals surface area contributed by atoms with E-state index in [0.717, 1.165) is 40.6 Å². The Morgan fingerprint density at radius 1 is 1.40 bits per heavy atom. The number of halogens is 1. The molecule has 1 atom stereocenters. The molecule has 1 aliphatic rings. The lowest BCUT2D eigenvalue weighted by Crippen LogP contribution is -2.37. The van der Waals surface area contributed by atoms with E-state index in [1.807, 2.05) is 12.1 Å². The third-order valence-electron chi connectivity index (χ3n) is 4.17. The van der Waals surface area contributed by atoms with Crippen molar-refractivity contribution in [3.8, 4) is 0 Å². The van der Waals surface area contributed by atoms with Crippen LogP contribution in [-0.4, -0.2) is 36.6 Å². The second-order valence-corrected chi connectivity index (χ2v) is 6.24. The number of likely N-dealkylation sites (tertiary alicyclic amines) is 1. The quantitative estimate of drug-likeness (QED) is 0.906. The SMILES string of the molecule is CN1CCCC(CNCc2[nH]c3ccccc3c2Cl)C1. The van der Waals surface area contributed by atoms with Crippen molar-refractivity contribution in [2.24, 2.45) is 5.92 Å². The van der Waals surface area contributed by atoms with Crippen molar-refractivity contribution in [3.05, 3.63) is 35.0 Å². The second-order valence-electron chi connectivity index (χ2n) is 5.86. The highest BCUT2D eigenvalue weighted by atomic mass is 35.5. The van der Waals surface area contributed by atoms with Crippen molar-refractivity contribution in [2.45, 2.75) is 19.4 Å². The van der Waals surface area contributed by atoms with Gasteiger partial charge in [-0.3, -0.25) is 0 Å². The fourth-order valence-corrected chi connectivity index (χ4v) is 3.41. The van der Waals surface area contributed by atoms with Gasteiger partial charge in [-0.1, -0.05) is 29.8 Å². The van der Waals surface area contributed by atoms with Crippen LogP contribution in [0.1, 0.15) is 18.5 Å². The summed E-state index contributed by atoms with van der Waals surface area (Å²) < 4.78 is 0. The molecule has 108 valence electrons. The Balaban J connectivity index is 1.58. The van der Waals surface area contributed by atoms with Crippen LogP contribution in [0.2, 0.25) is 5.02 Å². The molecule has 0 amide bonds. The van der Waals surface area contributed by atoms with Gasteiger partial charge in [-0.05, 0) is 45.0 Å². The number of para-hydroxylation sites is 1. The number of H-pyrrole nitrogens is 1. The van der Waals surface area contributed by atoms with Crippen molar-refractivity contribution in [2.75, 3.05) is 26.7 Å². The summed E-state index contributed by atoms with van der Waals surface area (Å²) in [4.78, 5) is 5.83. The van der Waals surface area contributed by atoms with Gasteiger partial charge in [-0.25, -0.2) is 0 Å². The highest BCUT2D eigenvalue weighted by Crippen LogP contribution is 2.27. The summed E-state index contributed by atoms with van der Waals surface area (Å²) in [6.45, 7) is 4.32. The Kier molecular flexibility index (Phi) is 4.29. The lowest BCUT2D eigenvalue weighted by atomic mass is 9.98. The predicted octanol–water partition coefficient (Wildman–Crippen LogP) is 3.25. The Morgan fingerprint density at radius 3 is 3.05 bits per heavy atom. The summed E-state index contributed by atoms with van der Waals surface area (Å²) in [7, 11) is 2.21. The van der Waals surface area contributed by atoms with Crippen molar-refractivity contribution >= 4 is 22.5 Å². The van der Waals surface area contributed by atoms with E-state index < -0.39 is 0 Å². The lowest BCUT2D eigenvalue weighted by molar-refractivity contribution is 0.206. The molecule has 2 aromatic rings. The molecule has 20 heavy (non-hydrogen) atoms. The number of hydrogen-bond donors (Lipinski definition) is 2. The molecule has 0 saturated carbocycles. The highest BCUT2D eigenvalue weighted by molar-refractivity contribution is 6.36. The number of rotatable bonds is 4. The van der Waals surface area contributed by atoms with Gasteiger partial charge < -0.3 is 15.2 Å². The van der Waals surface area contributed by atoms with Crippen molar-refractivity contribution in [1.29, 1.82) is 0 Å². The van der Waals surface area contributed by atoms with Gasteiger partial charge in [0.05, 0.1) is 5.02 Å². The van der Waals surface area contributed by atoms with Crippen LogP contribution in [0.3, 0.4) is 0 Å². The van der Waals surface area contributed by atoms with E-state index in [2.05, 4.69) is 34.4 Å². The maximum absolute atomic E-state index is 6.42. The number of nitrogens with one attached hydrogen (secondary N) is 2. The molecule has 0 bridgehead atoms. The largest absolute Gasteiger partial charge is 0.356 e. The minimum absolute atomic E-state index is 0.761. The van der Waals surface area contributed by atoms with Crippen LogP contribution < -0.4 is 5.32 Å². The third kappa shape index (κ3) is 3.00. The topological polar surface area (TPSA) is 31.1 Å². The standard InChI is InChI=1S/C16H22ClN3/c1-20-8-4-5-12(11-20)9-18-10-15-16(17)13-6-2-3-7-14(13)19-15/h2-3,6-7,12,18-19H,4-5,8-11H2,1H3. The molecular weight excluding hydrogens is 270 g/mol. The number of aromatic nitrogens is 1. The van der Waals surface area contributed by atoms with Gasteiger partial charge in [0, 0.05) is 29.7 Å². The average molecular weight is 292 g/mol. The molecule has 2 heterocycles. The molecule has 2 N–H and O–H groups in total. The number of hydrogen-bond acceptors (Lipinski definition) is 2. The molecule has 0 radical (unpaired) electrons. The zero-order valence-corrected chi connectivity index (χ0v) is 12.7. The maximum Gasteiger partial charge on any atom is 0.0705 e. The Labute approximate surface area is 125 Å². The molecule has 1 saturated heterocycles. The summed E-state index contributed by atoms with van der Waals surface area (Å²) >= 11 is 6.42. The summed E-state index contributed by atoms with van der Waals surface area (Å²) in [6.07, 6.45) is 2.65. The minimum Gasteiger partial charge on any atom is -0.356 e. The number of piperidine rings is 1. The van der Waals surface area contributed by atoms with E-state index in [9.17, 15) is 0 Å². The van der Waals surface area contributed by atoms with Gasteiger partial charge >= 0.3 is 0 Å². The second kappa shape index (κ2) is 6.17. The van der Waals surface area contributed by atoms with E-state index in [1.165, 1.54) is 25.9 Å². The molecule has 0 aliphatic carbocycles. The Bertz CT molecular complexity index is 578. The van der Waals surface area contributed by atoms with Gasteiger partial charge in [0.15, 0.2) is 0 Å².